The Morgan fingerprint density at radius 2 is 1.65 bits per heavy atom. The highest BCUT2D eigenvalue weighted by Crippen LogP contribution is 2.39. The largest absolute Gasteiger partial charge is 0.497 e. The van der Waals surface area contributed by atoms with Gasteiger partial charge in [-0.2, -0.15) is 0 Å². The number of hydrogen-bond acceptors (Lipinski definition) is 5. The van der Waals surface area contributed by atoms with Gasteiger partial charge in [0.05, 0.1) is 20.3 Å². The van der Waals surface area contributed by atoms with Crippen molar-refractivity contribution in [3.8, 4) is 11.5 Å². The molecule has 0 atom stereocenters. The van der Waals surface area contributed by atoms with Crippen LogP contribution in [0.25, 0.3) is 0 Å². The molecule has 1 aliphatic heterocycles. The lowest BCUT2D eigenvalue weighted by Crippen LogP contribution is -2.42. The molecule has 2 aromatic rings. The average Bonchev–Trinajstić information content (AvgIpc) is 3.33. The Hall–Kier alpha value is -2.57. The third kappa shape index (κ3) is 5.38. The highest BCUT2D eigenvalue weighted by molar-refractivity contribution is 5.77. The highest BCUT2D eigenvalue weighted by Gasteiger charge is 2.34. The monoisotopic (exact) mass is 424 g/mol. The fourth-order valence-electron chi connectivity index (χ4n) is 4.48. The molecule has 1 heterocycles. The van der Waals surface area contributed by atoms with Gasteiger partial charge in [0, 0.05) is 25.2 Å². The molecular formula is C25H32N2O4. The summed E-state index contributed by atoms with van der Waals surface area (Å²) < 4.78 is 16.3. The third-order valence-corrected chi connectivity index (χ3v) is 6.38. The molecular weight excluding hydrogens is 392 g/mol. The van der Waals surface area contributed by atoms with Crippen LogP contribution in [0.3, 0.4) is 0 Å². The van der Waals surface area contributed by atoms with Gasteiger partial charge in [0.15, 0.2) is 6.61 Å². The highest BCUT2D eigenvalue weighted by atomic mass is 16.5. The van der Waals surface area contributed by atoms with Crippen molar-refractivity contribution < 1.29 is 19.0 Å². The van der Waals surface area contributed by atoms with E-state index in [0.717, 1.165) is 30.9 Å². The van der Waals surface area contributed by atoms with E-state index in [1.165, 1.54) is 24.0 Å². The molecule has 0 spiro atoms. The summed E-state index contributed by atoms with van der Waals surface area (Å²) in [4.78, 5) is 14.0. The summed E-state index contributed by atoms with van der Waals surface area (Å²) in [5, 5.41) is 3.82. The molecule has 2 aromatic carbocycles. The number of ether oxygens (including phenoxy) is 3. The van der Waals surface area contributed by atoms with Gasteiger partial charge in [-0.05, 0) is 48.2 Å². The summed E-state index contributed by atoms with van der Waals surface area (Å²) in [6.07, 6.45) is 4.76. The van der Waals surface area contributed by atoms with E-state index in [4.69, 9.17) is 14.2 Å². The van der Waals surface area contributed by atoms with E-state index < -0.39 is 0 Å². The van der Waals surface area contributed by atoms with E-state index in [-0.39, 0.29) is 18.1 Å². The summed E-state index contributed by atoms with van der Waals surface area (Å²) in [6.45, 7) is 3.35. The third-order valence-electron chi connectivity index (χ3n) is 6.38. The summed E-state index contributed by atoms with van der Waals surface area (Å²) in [5.74, 6) is 1.62. The van der Waals surface area contributed by atoms with E-state index in [9.17, 15) is 4.79 Å². The molecule has 0 bridgehead atoms. The second-order valence-corrected chi connectivity index (χ2v) is 8.30. The number of amides is 1. The molecule has 4 rings (SSSR count). The molecule has 1 saturated heterocycles. The number of hydrogen-bond donors (Lipinski definition) is 1. The van der Waals surface area contributed by atoms with Crippen LogP contribution < -0.4 is 14.8 Å². The molecule has 2 fully saturated rings. The van der Waals surface area contributed by atoms with Gasteiger partial charge in [-0.1, -0.05) is 37.1 Å². The summed E-state index contributed by atoms with van der Waals surface area (Å²) in [7, 11) is 1.70. The minimum Gasteiger partial charge on any atom is -0.497 e. The van der Waals surface area contributed by atoms with Crippen LogP contribution in [0.15, 0.2) is 48.5 Å². The summed E-state index contributed by atoms with van der Waals surface area (Å²) >= 11 is 0. The number of rotatable bonds is 8. The minimum atomic E-state index is 0.0108. The maximum atomic E-state index is 12.2. The Bertz CT molecular complexity index is 839. The number of carbonyl (C=O) groups excluding carboxylic acids is 1. The van der Waals surface area contributed by atoms with Crippen molar-refractivity contribution in [2.45, 2.75) is 37.8 Å². The zero-order chi connectivity index (χ0) is 21.5. The van der Waals surface area contributed by atoms with Gasteiger partial charge in [-0.3, -0.25) is 4.79 Å². The van der Waals surface area contributed by atoms with Crippen molar-refractivity contribution >= 4 is 5.91 Å². The lowest BCUT2D eigenvalue weighted by Gasteiger charge is -2.31. The predicted molar refractivity (Wildman–Crippen MR) is 119 cm³/mol. The second-order valence-electron chi connectivity index (χ2n) is 8.30. The van der Waals surface area contributed by atoms with Gasteiger partial charge in [0.2, 0.25) is 0 Å². The molecule has 1 aliphatic carbocycles. The summed E-state index contributed by atoms with van der Waals surface area (Å²) in [5.41, 5.74) is 2.55. The average molecular weight is 425 g/mol. The van der Waals surface area contributed by atoms with Crippen LogP contribution in [0.4, 0.5) is 0 Å². The minimum absolute atomic E-state index is 0.0108. The molecule has 31 heavy (non-hydrogen) atoms. The van der Waals surface area contributed by atoms with Crippen molar-refractivity contribution in [3.05, 3.63) is 59.7 Å². The molecule has 0 aromatic heterocycles. The van der Waals surface area contributed by atoms with E-state index in [1.54, 1.807) is 12.0 Å². The Labute approximate surface area is 184 Å². The first kappa shape index (κ1) is 21.7. The van der Waals surface area contributed by atoms with Crippen molar-refractivity contribution in [3.63, 3.8) is 0 Å². The van der Waals surface area contributed by atoms with Gasteiger partial charge < -0.3 is 24.4 Å². The molecule has 1 saturated carbocycles. The molecule has 1 amide bonds. The van der Waals surface area contributed by atoms with Crippen LogP contribution in [0.1, 0.15) is 36.8 Å². The molecule has 6 heteroatoms. The van der Waals surface area contributed by atoms with E-state index in [0.29, 0.717) is 26.3 Å². The number of benzene rings is 2. The Morgan fingerprint density at radius 3 is 2.29 bits per heavy atom. The van der Waals surface area contributed by atoms with Gasteiger partial charge in [0.25, 0.3) is 5.91 Å². The van der Waals surface area contributed by atoms with Crippen LogP contribution in [0.2, 0.25) is 0 Å². The van der Waals surface area contributed by atoms with Crippen LogP contribution in [0, 0.1) is 0 Å². The van der Waals surface area contributed by atoms with Gasteiger partial charge >= 0.3 is 0 Å². The standard InChI is InChI=1S/C25H32N2O4/c1-29-22-10-6-21(7-11-22)25(12-2-3-13-25)26-18-20-4-8-23(9-5-20)31-19-24(28)27-14-16-30-17-15-27/h4-11,26H,2-3,12-19H2,1H3. The zero-order valence-electron chi connectivity index (χ0n) is 18.3. The first-order valence-corrected chi connectivity index (χ1v) is 11.2. The molecule has 0 radical (unpaired) electrons. The number of morpholine rings is 1. The van der Waals surface area contributed by atoms with Crippen LogP contribution in [0.5, 0.6) is 11.5 Å². The normalized spacial score (nSPS) is 18.0. The predicted octanol–water partition coefficient (Wildman–Crippen LogP) is 3.49. The molecule has 1 N–H and O–H groups in total. The van der Waals surface area contributed by atoms with E-state index >= 15 is 0 Å². The topological polar surface area (TPSA) is 60.0 Å². The first-order valence-electron chi connectivity index (χ1n) is 11.2. The van der Waals surface area contributed by atoms with Crippen LogP contribution in [-0.2, 0) is 21.6 Å². The lowest BCUT2D eigenvalue weighted by atomic mass is 9.88. The smallest absolute Gasteiger partial charge is 0.260 e. The number of nitrogens with one attached hydrogen (secondary N) is 1. The van der Waals surface area contributed by atoms with Gasteiger partial charge in [-0.15, -0.1) is 0 Å². The van der Waals surface area contributed by atoms with E-state index in [1.807, 2.05) is 24.3 Å². The Morgan fingerprint density at radius 1 is 1.00 bits per heavy atom. The fraction of sp³-hybridized carbons (Fsp3) is 0.480. The molecule has 166 valence electrons. The summed E-state index contributed by atoms with van der Waals surface area (Å²) in [6, 6.07) is 16.5. The molecule has 6 nitrogen and oxygen atoms in total. The Kier molecular flexibility index (Phi) is 7.10. The quantitative estimate of drug-likeness (QED) is 0.703. The van der Waals surface area contributed by atoms with Gasteiger partial charge in [-0.25, -0.2) is 0 Å². The lowest BCUT2D eigenvalue weighted by molar-refractivity contribution is -0.137. The maximum Gasteiger partial charge on any atom is 0.260 e. The number of carbonyl (C=O) groups is 1. The van der Waals surface area contributed by atoms with Crippen molar-refractivity contribution in [2.24, 2.45) is 0 Å². The fourth-order valence-corrected chi connectivity index (χ4v) is 4.48. The van der Waals surface area contributed by atoms with Crippen molar-refractivity contribution in [2.75, 3.05) is 40.0 Å². The maximum absolute atomic E-state index is 12.2. The number of methoxy groups -OCH3 is 1. The van der Waals surface area contributed by atoms with Gasteiger partial charge in [0.1, 0.15) is 11.5 Å². The van der Waals surface area contributed by atoms with Crippen LogP contribution in [-0.4, -0.2) is 50.8 Å². The second kappa shape index (κ2) is 10.2. The van der Waals surface area contributed by atoms with Crippen LogP contribution >= 0.6 is 0 Å². The number of nitrogens with zero attached hydrogens (tertiary/aromatic N) is 1. The van der Waals surface area contributed by atoms with Crippen molar-refractivity contribution in [1.29, 1.82) is 0 Å². The molecule has 0 unspecified atom stereocenters. The Balaban J connectivity index is 1.32. The van der Waals surface area contributed by atoms with Crippen molar-refractivity contribution in [1.82, 2.24) is 10.2 Å². The molecule has 2 aliphatic rings. The zero-order valence-corrected chi connectivity index (χ0v) is 18.3. The SMILES string of the molecule is COc1ccc(C2(NCc3ccc(OCC(=O)N4CCOCC4)cc3)CCCC2)cc1. The van der Waals surface area contributed by atoms with E-state index in [2.05, 4.69) is 29.6 Å². The first-order chi connectivity index (χ1) is 15.2.